The SMILES string of the molecule is CC(=O)Nc1cc(NC2CCS(=O)CC2)ccc1C. The minimum absolute atomic E-state index is 0.0617. The van der Waals surface area contributed by atoms with Crippen LogP contribution in [0, 0.1) is 6.92 Å². The van der Waals surface area contributed by atoms with E-state index in [0.717, 1.165) is 41.3 Å². The first-order chi connectivity index (χ1) is 9.04. The van der Waals surface area contributed by atoms with Gasteiger partial charge in [-0.05, 0) is 37.5 Å². The van der Waals surface area contributed by atoms with Crippen molar-refractivity contribution in [2.75, 3.05) is 22.1 Å². The van der Waals surface area contributed by atoms with Crippen molar-refractivity contribution in [1.29, 1.82) is 0 Å². The van der Waals surface area contributed by atoms with Crippen LogP contribution in [0.5, 0.6) is 0 Å². The van der Waals surface area contributed by atoms with Crippen LogP contribution in [0.3, 0.4) is 0 Å². The molecule has 1 amide bonds. The Morgan fingerprint density at radius 2 is 2.00 bits per heavy atom. The number of carbonyl (C=O) groups excluding carboxylic acids is 1. The van der Waals surface area contributed by atoms with Gasteiger partial charge in [0.05, 0.1) is 0 Å². The molecule has 19 heavy (non-hydrogen) atoms. The number of rotatable bonds is 3. The average Bonchev–Trinajstić information content (AvgIpc) is 2.36. The molecule has 1 aliphatic heterocycles. The van der Waals surface area contributed by atoms with Crippen molar-refractivity contribution in [2.45, 2.75) is 32.7 Å². The van der Waals surface area contributed by atoms with E-state index in [1.807, 2.05) is 25.1 Å². The molecule has 1 aromatic rings. The molecule has 4 nitrogen and oxygen atoms in total. The van der Waals surface area contributed by atoms with Crippen molar-refractivity contribution in [2.24, 2.45) is 0 Å². The molecule has 0 unspecified atom stereocenters. The van der Waals surface area contributed by atoms with Gasteiger partial charge in [-0.1, -0.05) is 6.07 Å². The van der Waals surface area contributed by atoms with E-state index in [1.54, 1.807) is 0 Å². The zero-order valence-corrected chi connectivity index (χ0v) is 12.2. The van der Waals surface area contributed by atoms with E-state index < -0.39 is 10.8 Å². The minimum atomic E-state index is -0.632. The van der Waals surface area contributed by atoms with Crippen LogP contribution in [0.2, 0.25) is 0 Å². The lowest BCUT2D eigenvalue weighted by atomic mass is 10.1. The van der Waals surface area contributed by atoms with Gasteiger partial charge >= 0.3 is 0 Å². The number of anilines is 2. The van der Waals surface area contributed by atoms with Gasteiger partial charge in [-0.2, -0.15) is 0 Å². The lowest BCUT2D eigenvalue weighted by Crippen LogP contribution is -2.29. The molecule has 2 N–H and O–H groups in total. The fraction of sp³-hybridized carbons (Fsp3) is 0.500. The minimum Gasteiger partial charge on any atom is -0.382 e. The van der Waals surface area contributed by atoms with Crippen molar-refractivity contribution in [3.05, 3.63) is 23.8 Å². The molecule has 0 bridgehead atoms. The number of nitrogens with one attached hydrogen (secondary N) is 2. The van der Waals surface area contributed by atoms with Crippen molar-refractivity contribution < 1.29 is 9.00 Å². The number of benzene rings is 1. The predicted octanol–water partition coefficient (Wildman–Crippen LogP) is 2.28. The summed E-state index contributed by atoms with van der Waals surface area (Å²) in [7, 11) is -0.632. The first kappa shape index (κ1) is 14.1. The maximum absolute atomic E-state index is 11.3. The quantitative estimate of drug-likeness (QED) is 0.893. The maximum atomic E-state index is 11.3. The molecule has 1 fully saturated rings. The summed E-state index contributed by atoms with van der Waals surface area (Å²) < 4.78 is 11.3. The van der Waals surface area contributed by atoms with Gasteiger partial charge in [-0.3, -0.25) is 9.00 Å². The van der Waals surface area contributed by atoms with Crippen LogP contribution in [-0.4, -0.2) is 27.7 Å². The normalized spacial score (nSPS) is 22.8. The number of hydrogen-bond acceptors (Lipinski definition) is 3. The van der Waals surface area contributed by atoms with Crippen LogP contribution >= 0.6 is 0 Å². The fourth-order valence-electron chi connectivity index (χ4n) is 2.21. The van der Waals surface area contributed by atoms with Crippen LogP contribution in [0.15, 0.2) is 18.2 Å². The highest BCUT2D eigenvalue weighted by Gasteiger charge is 2.17. The van der Waals surface area contributed by atoms with E-state index in [4.69, 9.17) is 0 Å². The number of amides is 1. The molecule has 104 valence electrons. The Morgan fingerprint density at radius 3 is 2.63 bits per heavy atom. The summed E-state index contributed by atoms with van der Waals surface area (Å²) in [6.07, 6.45) is 1.88. The molecule has 0 spiro atoms. The fourth-order valence-corrected chi connectivity index (χ4v) is 3.51. The van der Waals surface area contributed by atoms with E-state index in [-0.39, 0.29) is 5.91 Å². The molecule has 0 aromatic heterocycles. The molecule has 1 aliphatic rings. The third-order valence-electron chi connectivity index (χ3n) is 3.31. The van der Waals surface area contributed by atoms with E-state index in [1.165, 1.54) is 6.92 Å². The highest BCUT2D eigenvalue weighted by Crippen LogP contribution is 2.22. The highest BCUT2D eigenvalue weighted by molar-refractivity contribution is 7.85. The standard InChI is InChI=1S/C14H20N2O2S/c1-10-3-4-13(9-14(10)15-11(2)17)16-12-5-7-19(18)8-6-12/h3-4,9,12,16H,5-8H2,1-2H3,(H,15,17). The summed E-state index contributed by atoms with van der Waals surface area (Å²) in [6, 6.07) is 6.36. The van der Waals surface area contributed by atoms with E-state index >= 15 is 0 Å². The van der Waals surface area contributed by atoms with Gasteiger partial charge in [-0.15, -0.1) is 0 Å². The second-order valence-corrected chi connectivity index (χ2v) is 6.67. The monoisotopic (exact) mass is 280 g/mol. The molecule has 5 heteroatoms. The summed E-state index contributed by atoms with van der Waals surface area (Å²) >= 11 is 0. The second kappa shape index (κ2) is 6.19. The number of carbonyl (C=O) groups is 1. The van der Waals surface area contributed by atoms with Crippen LogP contribution in [0.4, 0.5) is 11.4 Å². The van der Waals surface area contributed by atoms with Crippen LogP contribution in [-0.2, 0) is 15.6 Å². The lowest BCUT2D eigenvalue weighted by molar-refractivity contribution is -0.114. The first-order valence-corrected chi connectivity index (χ1v) is 8.03. The number of hydrogen-bond donors (Lipinski definition) is 2. The highest BCUT2D eigenvalue weighted by atomic mass is 32.2. The number of aryl methyl sites for hydroxylation is 1. The Bertz CT molecular complexity index is 492. The Balaban J connectivity index is 2.04. The first-order valence-electron chi connectivity index (χ1n) is 6.54. The Hall–Kier alpha value is -1.36. The smallest absolute Gasteiger partial charge is 0.221 e. The van der Waals surface area contributed by atoms with Crippen molar-refractivity contribution in [3.63, 3.8) is 0 Å². The van der Waals surface area contributed by atoms with Gasteiger partial charge in [0.15, 0.2) is 0 Å². The molecular weight excluding hydrogens is 260 g/mol. The average molecular weight is 280 g/mol. The second-order valence-electron chi connectivity index (χ2n) is 4.98. The topological polar surface area (TPSA) is 58.2 Å². The van der Waals surface area contributed by atoms with Crippen molar-refractivity contribution >= 4 is 28.1 Å². The van der Waals surface area contributed by atoms with Crippen LogP contribution in [0.25, 0.3) is 0 Å². The largest absolute Gasteiger partial charge is 0.382 e. The molecular formula is C14H20N2O2S. The Kier molecular flexibility index (Phi) is 4.58. The van der Waals surface area contributed by atoms with Gasteiger partial charge in [0.2, 0.25) is 5.91 Å². The van der Waals surface area contributed by atoms with Gasteiger partial charge in [0, 0.05) is 46.6 Å². The molecule has 0 saturated carbocycles. The summed E-state index contributed by atoms with van der Waals surface area (Å²) in [5, 5.41) is 6.29. The molecule has 1 heterocycles. The summed E-state index contributed by atoms with van der Waals surface area (Å²) in [5.74, 6) is 1.50. The van der Waals surface area contributed by atoms with Gasteiger partial charge < -0.3 is 10.6 Å². The molecule has 2 rings (SSSR count). The molecule has 0 aliphatic carbocycles. The summed E-state index contributed by atoms with van der Waals surface area (Å²) in [5.41, 5.74) is 2.90. The van der Waals surface area contributed by atoms with Gasteiger partial charge in [-0.25, -0.2) is 0 Å². The molecule has 1 saturated heterocycles. The Labute approximate surface area is 116 Å². The third kappa shape index (κ3) is 4.06. The maximum Gasteiger partial charge on any atom is 0.221 e. The summed E-state index contributed by atoms with van der Waals surface area (Å²) in [4.78, 5) is 11.1. The van der Waals surface area contributed by atoms with E-state index in [0.29, 0.717) is 6.04 Å². The molecule has 0 atom stereocenters. The Morgan fingerprint density at radius 1 is 1.32 bits per heavy atom. The van der Waals surface area contributed by atoms with Gasteiger partial charge in [0.1, 0.15) is 0 Å². The third-order valence-corrected chi connectivity index (χ3v) is 4.69. The van der Waals surface area contributed by atoms with Crippen LogP contribution in [0.1, 0.15) is 25.3 Å². The van der Waals surface area contributed by atoms with E-state index in [2.05, 4.69) is 10.6 Å². The van der Waals surface area contributed by atoms with E-state index in [9.17, 15) is 9.00 Å². The van der Waals surface area contributed by atoms with Crippen molar-refractivity contribution in [1.82, 2.24) is 0 Å². The summed E-state index contributed by atoms with van der Waals surface area (Å²) in [6.45, 7) is 3.48. The predicted molar refractivity (Wildman–Crippen MR) is 80.0 cm³/mol. The van der Waals surface area contributed by atoms with Crippen LogP contribution < -0.4 is 10.6 Å². The van der Waals surface area contributed by atoms with Crippen molar-refractivity contribution in [3.8, 4) is 0 Å². The zero-order valence-electron chi connectivity index (χ0n) is 11.4. The van der Waals surface area contributed by atoms with Gasteiger partial charge in [0.25, 0.3) is 0 Å². The molecule has 0 radical (unpaired) electrons. The molecule has 1 aromatic carbocycles. The lowest BCUT2D eigenvalue weighted by Gasteiger charge is -2.24. The zero-order chi connectivity index (χ0) is 13.8.